The van der Waals surface area contributed by atoms with Crippen LogP contribution in [0.5, 0.6) is 0 Å². The molecule has 0 radical (unpaired) electrons. The molecule has 1 aliphatic rings. The van der Waals surface area contributed by atoms with Crippen molar-refractivity contribution < 1.29 is 22.5 Å². The van der Waals surface area contributed by atoms with E-state index in [2.05, 4.69) is 11.9 Å². The van der Waals surface area contributed by atoms with E-state index >= 15 is 0 Å². The van der Waals surface area contributed by atoms with Gasteiger partial charge in [0.05, 0.1) is 9.82 Å². The van der Waals surface area contributed by atoms with Crippen LogP contribution in [0.2, 0.25) is 0 Å². The Morgan fingerprint density at radius 3 is 2.21 bits per heavy atom. The molecule has 0 heterocycles. The van der Waals surface area contributed by atoms with Crippen LogP contribution < -0.4 is 10.0 Å². The number of hydrogen-bond acceptors (Lipinski definition) is 6. The largest absolute Gasteiger partial charge is 0.379 e. The number of hydrogen-bond donors (Lipinski definition) is 2. The van der Waals surface area contributed by atoms with Gasteiger partial charge < -0.3 is 5.32 Å². The fourth-order valence-electron chi connectivity index (χ4n) is 4.61. The topological polar surface area (TPSA) is 118 Å². The molecule has 198 valence electrons. The van der Waals surface area contributed by atoms with Gasteiger partial charge in [-0.15, -0.1) is 0 Å². The number of nitrogens with one attached hydrogen (secondary N) is 2. The lowest BCUT2D eigenvalue weighted by molar-refractivity contribution is -0.384. The molecule has 38 heavy (non-hydrogen) atoms. The van der Waals surface area contributed by atoms with E-state index in [1.54, 1.807) is 24.3 Å². The quantitative estimate of drug-likeness (QED) is 0.249. The van der Waals surface area contributed by atoms with Gasteiger partial charge in [0.1, 0.15) is 11.5 Å². The van der Waals surface area contributed by atoms with E-state index in [-0.39, 0.29) is 22.6 Å². The molecule has 4 rings (SSSR count). The van der Waals surface area contributed by atoms with Gasteiger partial charge in [-0.1, -0.05) is 56.2 Å². The third-order valence-electron chi connectivity index (χ3n) is 6.69. The molecule has 1 amide bonds. The monoisotopic (exact) mass is 537 g/mol. The number of halogens is 1. The Morgan fingerprint density at radius 1 is 1.03 bits per heavy atom. The molecule has 0 aliphatic heterocycles. The van der Waals surface area contributed by atoms with Crippen molar-refractivity contribution in [2.45, 2.75) is 37.0 Å². The first-order valence-corrected chi connectivity index (χ1v) is 13.8. The highest BCUT2D eigenvalue weighted by atomic mass is 32.2. The number of nitro groups is 1. The molecule has 0 bridgehead atoms. The zero-order chi connectivity index (χ0) is 27.3. The van der Waals surface area contributed by atoms with Crippen molar-refractivity contribution in [3.63, 3.8) is 0 Å². The SMILES string of the molecule is C=Cc1cc(S(=O)(=O)NC(=O)c2ccc(-c3ccc(F)cc3)cc2)cc([N+](=O)[O-])c1NCC1CCCCC1. The van der Waals surface area contributed by atoms with Gasteiger partial charge in [-0.05, 0) is 60.2 Å². The molecule has 0 spiro atoms. The molecule has 10 heteroatoms. The highest BCUT2D eigenvalue weighted by Gasteiger charge is 2.26. The minimum atomic E-state index is -4.44. The number of nitro benzene ring substituents is 1. The van der Waals surface area contributed by atoms with E-state index in [0.717, 1.165) is 37.3 Å². The van der Waals surface area contributed by atoms with Gasteiger partial charge in [0, 0.05) is 23.7 Å². The van der Waals surface area contributed by atoms with Crippen LogP contribution in [-0.4, -0.2) is 25.8 Å². The molecule has 1 aliphatic carbocycles. The lowest BCUT2D eigenvalue weighted by Gasteiger charge is -2.23. The first-order valence-electron chi connectivity index (χ1n) is 12.3. The number of benzene rings is 3. The molecule has 0 atom stereocenters. The lowest BCUT2D eigenvalue weighted by Crippen LogP contribution is -2.30. The second-order valence-corrected chi connectivity index (χ2v) is 11.0. The van der Waals surface area contributed by atoms with Gasteiger partial charge in [-0.25, -0.2) is 17.5 Å². The minimum absolute atomic E-state index is 0.0728. The minimum Gasteiger partial charge on any atom is -0.379 e. The van der Waals surface area contributed by atoms with Crippen LogP contribution in [0, 0.1) is 21.8 Å². The van der Waals surface area contributed by atoms with Crippen LogP contribution in [0.1, 0.15) is 48.0 Å². The number of carbonyl (C=O) groups excluding carboxylic acids is 1. The van der Waals surface area contributed by atoms with E-state index < -0.39 is 31.4 Å². The average molecular weight is 538 g/mol. The van der Waals surface area contributed by atoms with Crippen molar-refractivity contribution in [2.75, 3.05) is 11.9 Å². The molecule has 0 saturated heterocycles. The molecular formula is C28H28FN3O5S. The lowest BCUT2D eigenvalue weighted by atomic mass is 9.89. The molecule has 1 saturated carbocycles. The van der Waals surface area contributed by atoms with E-state index in [9.17, 15) is 27.7 Å². The molecule has 3 aromatic carbocycles. The maximum atomic E-state index is 13.2. The maximum Gasteiger partial charge on any atom is 0.294 e. The molecule has 0 aromatic heterocycles. The van der Waals surface area contributed by atoms with E-state index in [4.69, 9.17) is 0 Å². The number of nitrogens with zero attached hydrogens (tertiary/aromatic N) is 1. The number of sulfonamides is 1. The summed E-state index contributed by atoms with van der Waals surface area (Å²) in [5.74, 6) is -0.876. The molecule has 2 N–H and O–H groups in total. The van der Waals surface area contributed by atoms with Crippen molar-refractivity contribution >= 4 is 33.4 Å². The Hall–Kier alpha value is -4.05. The summed E-state index contributed by atoms with van der Waals surface area (Å²) in [6.07, 6.45) is 6.85. The highest BCUT2D eigenvalue weighted by molar-refractivity contribution is 7.90. The number of amides is 1. The number of anilines is 1. The fraction of sp³-hybridized carbons (Fsp3) is 0.250. The first kappa shape index (κ1) is 27.0. The van der Waals surface area contributed by atoms with Crippen molar-refractivity contribution in [1.29, 1.82) is 0 Å². The second-order valence-electron chi connectivity index (χ2n) is 9.27. The van der Waals surface area contributed by atoms with Crippen LogP contribution in [0.4, 0.5) is 15.8 Å². The summed E-state index contributed by atoms with van der Waals surface area (Å²) in [6.45, 7) is 4.23. The molecule has 3 aromatic rings. The fourth-order valence-corrected chi connectivity index (χ4v) is 5.64. The Morgan fingerprint density at radius 2 is 1.63 bits per heavy atom. The highest BCUT2D eigenvalue weighted by Crippen LogP contribution is 2.34. The second kappa shape index (κ2) is 11.6. The van der Waals surface area contributed by atoms with Gasteiger partial charge in [-0.3, -0.25) is 14.9 Å². The number of carbonyl (C=O) groups is 1. The smallest absolute Gasteiger partial charge is 0.294 e. The summed E-state index contributed by atoms with van der Waals surface area (Å²) in [6, 6.07) is 14.1. The van der Waals surface area contributed by atoms with E-state index in [1.165, 1.54) is 42.8 Å². The summed E-state index contributed by atoms with van der Waals surface area (Å²) in [5.41, 5.74) is 1.57. The molecular weight excluding hydrogens is 509 g/mol. The van der Waals surface area contributed by atoms with E-state index in [0.29, 0.717) is 18.0 Å². The average Bonchev–Trinajstić information content (AvgIpc) is 2.92. The Kier molecular flexibility index (Phi) is 8.21. The van der Waals surface area contributed by atoms with Crippen molar-refractivity contribution in [1.82, 2.24) is 4.72 Å². The Balaban J connectivity index is 1.55. The summed E-state index contributed by atoms with van der Waals surface area (Å²) in [7, 11) is -4.44. The summed E-state index contributed by atoms with van der Waals surface area (Å²) < 4.78 is 41.3. The van der Waals surface area contributed by atoms with Gasteiger partial charge in [-0.2, -0.15) is 0 Å². The van der Waals surface area contributed by atoms with Crippen LogP contribution in [0.15, 0.2) is 72.1 Å². The molecule has 8 nitrogen and oxygen atoms in total. The Labute approximate surface area is 220 Å². The molecule has 0 unspecified atom stereocenters. The van der Waals surface area contributed by atoms with Crippen LogP contribution in [0.25, 0.3) is 17.2 Å². The third-order valence-corrected chi connectivity index (χ3v) is 8.00. The summed E-state index contributed by atoms with van der Waals surface area (Å²) in [4.78, 5) is 23.5. The van der Waals surface area contributed by atoms with Gasteiger partial charge >= 0.3 is 0 Å². The van der Waals surface area contributed by atoms with Crippen LogP contribution >= 0.6 is 0 Å². The van der Waals surface area contributed by atoms with Gasteiger partial charge in [0.2, 0.25) is 0 Å². The van der Waals surface area contributed by atoms with Crippen molar-refractivity contribution in [2.24, 2.45) is 5.92 Å². The summed E-state index contributed by atoms with van der Waals surface area (Å²) in [5, 5.41) is 15.0. The van der Waals surface area contributed by atoms with Crippen LogP contribution in [0.3, 0.4) is 0 Å². The predicted molar refractivity (Wildman–Crippen MR) is 145 cm³/mol. The van der Waals surface area contributed by atoms with Crippen molar-refractivity contribution in [3.8, 4) is 11.1 Å². The standard InChI is InChI=1S/C28H28FN3O5S/c1-2-20-16-25(17-26(32(34)35)27(20)30-18-19-6-4-3-5-7-19)38(36,37)31-28(33)23-10-8-21(9-11-23)22-12-14-24(29)15-13-22/h2,8-17,19,30H,1,3-7,18H2,(H,31,33). The van der Waals surface area contributed by atoms with Gasteiger partial charge in [0.25, 0.3) is 21.6 Å². The third kappa shape index (κ3) is 6.25. The maximum absolute atomic E-state index is 13.2. The summed E-state index contributed by atoms with van der Waals surface area (Å²) >= 11 is 0. The van der Waals surface area contributed by atoms with Crippen molar-refractivity contribution in [3.05, 3.63) is 94.3 Å². The van der Waals surface area contributed by atoms with Gasteiger partial charge in [0.15, 0.2) is 0 Å². The zero-order valence-corrected chi connectivity index (χ0v) is 21.5. The zero-order valence-electron chi connectivity index (χ0n) is 20.7. The first-order chi connectivity index (χ1) is 18.2. The number of rotatable bonds is 9. The van der Waals surface area contributed by atoms with Crippen LogP contribution in [-0.2, 0) is 10.0 Å². The predicted octanol–water partition coefficient (Wildman–Crippen LogP) is 6.15. The van der Waals surface area contributed by atoms with E-state index in [1.807, 2.05) is 4.72 Å². The Bertz CT molecular complexity index is 1450. The molecule has 1 fully saturated rings. The normalized spacial score (nSPS) is 14.0.